The topological polar surface area (TPSA) is 55.4 Å². The summed E-state index contributed by atoms with van der Waals surface area (Å²) in [5.41, 5.74) is 0.456. The number of sulfonamides is 1. The van der Waals surface area contributed by atoms with Gasteiger partial charge in [-0.3, -0.25) is 0 Å². The van der Waals surface area contributed by atoms with E-state index in [1.165, 1.54) is 12.1 Å². The van der Waals surface area contributed by atoms with Crippen LogP contribution in [-0.4, -0.2) is 15.3 Å². The summed E-state index contributed by atoms with van der Waals surface area (Å²) >= 11 is 0. The van der Waals surface area contributed by atoms with E-state index in [2.05, 4.69) is 4.74 Å². The van der Waals surface area contributed by atoms with Gasteiger partial charge in [0, 0.05) is 6.54 Å². The minimum atomic E-state index is -4.87. The molecule has 0 aromatic heterocycles. The minimum Gasteiger partial charge on any atom is -0.458 e. The van der Waals surface area contributed by atoms with Gasteiger partial charge < -0.3 is 4.74 Å². The quantitative estimate of drug-likeness (QED) is 0.485. The lowest BCUT2D eigenvalue weighted by Gasteiger charge is -2.14. The van der Waals surface area contributed by atoms with Gasteiger partial charge in [-0.25, -0.2) is 30.7 Å². The molecule has 0 aliphatic rings. The minimum absolute atomic E-state index is 0.349. The van der Waals surface area contributed by atoms with E-state index >= 15 is 0 Å². The van der Waals surface area contributed by atoms with Gasteiger partial charge in [-0.1, -0.05) is 30.3 Å². The van der Waals surface area contributed by atoms with Crippen LogP contribution in [0.25, 0.3) is 0 Å². The van der Waals surface area contributed by atoms with Crippen molar-refractivity contribution in [2.24, 2.45) is 0 Å². The molecule has 4 nitrogen and oxygen atoms in total. The van der Waals surface area contributed by atoms with Gasteiger partial charge in [0.25, 0.3) is 0 Å². The van der Waals surface area contributed by atoms with E-state index in [9.17, 15) is 30.4 Å². The molecule has 0 saturated carbocycles. The maximum atomic E-state index is 13.8. The first-order chi connectivity index (χ1) is 11.3. The van der Waals surface area contributed by atoms with Gasteiger partial charge in [0.2, 0.25) is 28.5 Å². The highest BCUT2D eigenvalue weighted by Gasteiger charge is 2.34. The fourth-order valence-electron chi connectivity index (χ4n) is 1.86. The van der Waals surface area contributed by atoms with E-state index in [1.54, 1.807) is 18.2 Å². The van der Waals surface area contributed by atoms with Crippen LogP contribution in [0, 0.1) is 23.3 Å². The molecule has 2 aromatic carbocycles. The van der Waals surface area contributed by atoms with Gasteiger partial charge in [0.15, 0.2) is 22.3 Å². The zero-order valence-corrected chi connectivity index (χ0v) is 12.6. The molecule has 0 heterocycles. The first-order valence-corrected chi connectivity index (χ1v) is 7.86. The molecule has 1 N–H and O–H groups in total. The Morgan fingerprint density at radius 3 is 2.08 bits per heavy atom. The van der Waals surface area contributed by atoms with Gasteiger partial charge in [-0.2, -0.15) is 4.39 Å². The van der Waals surface area contributed by atoms with Gasteiger partial charge in [0.1, 0.15) is 0 Å². The molecule has 0 unspecified atom stereocenters. The van der Waals surface area contributed by atoms with Crippen LogP contribution in [0.5, 0.6) is 5.75 Å². The van der Waals surface area contributed by atoms with Crippen molar-refractivity contribution >= 4 is 10.0 Å². The molecule has 0 saturated heterocycles. The fraction of sp³-hybridized carbons (Fsp3) is 0.143. The number of rotatable bonds is 6. The van der Waals surface area contributed by atoms with E-state index in [0.29, 0.717) is 5.56 Å². The lowest BCUT2D eigenvalue weighted by molar-refractivity contribution is 0.173. The van der Waals surface area contributed by atoms with Crippen molar-refractivity contribution in [3.8, 4) is 5.75 Å². The molecule has 24 heavy (non-hydrogen) atoms. The van der Waals surface area contributed by atoms with Gasteiger partial charge in [-0.15, -0.1) is 0 Å². The molecule has 0 radical (unpaired) electrons. The molecule has 0 aliphatic carbocycles. The molecular formula is C14H10F5NO3S. The maximum absolute atomic E-state index is 13.8. The Morgan fingerprint density at radius 1 is 0.917 bits per heavy atom. The Kier molecular flexibility index (Phi) is 5.40. The SMILES string of the molecule is O=S(=O)(NCc1ccccc1)c1c(F)c(F)c(F)c(F)c1OCF. The number of halogens is 5. The van der Waals surface area contributed by atoms with Crippen molar-refractivity contribution in [1.29, 1.82) is 0 Å². The third-order valence-corrected chi connectivity index (χ3v) is 4.39. The van der Waals surface area contributed by atoms with Crippen molar-refractivity contribution in [2.75, 3.05) is 6.86 Å². The van der Waals surface area contributed by atoms with Crippen LogP contribution >= 0.6 is 0 Å². The van der Waals surface area contributed by atoms with Crippen LogP contribution in [0.2, 0.25) is 0 Å². The normalized spacial score (nSPS) is 11.5. The average Bonchev–Trinajstić information content (AvgIpc) is 2.57. The highest BCUT2D eigenvalue weighted by molar-refractivity contribution is 7.89. The number of alkyl halides is 1. The predicted octanol–water partition coefficient (Wildman–Crippen LogP) is 3.03. The van der Waals surface area contributed by atoms with Crippen molar-refractivity contribution < 1.29 is 35.1 Å². The molecule has 130 valence electrons. The van der Waals surface area contributed by atoms with Gasteiger partial charge in [0.05, 0.1) is 0 Å². The Bertz CT molecular complexity index is 843. The Morgan fingerprint density at radius 2 is 1.50 bits per heavy atom. The van der Waals surface area contributed by atoms with E-state index in [1.807, 2.05) is 4.72 Å². The van der Waals surface area contributed by atoms with Crippen LogP contribution < -0.4 is 9.46 Å². The summed E-state index contributed by atoms with van der Waals surface area (Å²) in [6.07, 6.45) is 0. The Hall–Kier alpha value is -2.20. The third kappa shape index (κ3) is 3.49. The molecule has 0 fully saturated rings. The zero-order valence-electron chi connectivity index (χ0n) is 11.8. The van der Waals surface area contributed by atoms with E-state index < -0.39 is 50.8 Å². The Labute approximate surface area is 133 Å². The van der Waals surface area contributed by atoms with Crippen LogP contribution in [0.4, 0.5) is 22.0 Å². The molecule has 2 rings (SSSR count). The van der Waals surface area contributed by atoms with Crippen molar-refractivity contribution in [2.45, 2.75) is 11.4 Å². The number of nitrogens with one attached hydrogen (secondary N) is 1. The number of benzene rings is 2. The van der Waals surface area contributed by atoms with Crippen molar-refractivity contribution in [3.63, 3.8) is 0 Å². The molecule has 2 aromatic rings. The molecule has 0 bridgehead atoms. The summed E-state index contributed by atoms with van der Waals surface area (Å²) in [5, 5.41) is 0. The second-order valence-corrected chi connectivity index (χ2v) is 6.18. The van der Waals surface area contributed by atoms with Crippen LogP contribution in [-0.2, 0) is 16.6 Å². The summed E-state index contributed by atoms with van der Waals surface area (Å²) in [6, 6.07) is 7.92. The summed E-state index contributed by atoms with van der Waals surface area (Å²) < 4.78 is 96.4. The largest absolute Gasteiger partial charge is 0.458 e. The highest BCUT2D eigenvalue weighted by atomic mass is 32.2. The zero-order chi connectivity index (χ0) is 17.9. The number of hydrogen-bond donors (Lipinski definition) is 1. The standard InChI is InChI=1S/C14H10F5NO3S/c15-7-23-13-11(18)9(16)10(17)12(19)14(13)24(21,22)20-6-8-4-2-1-3-5-8/h1-5,20H,6-7H2. The molecule has 0 atom stereocenters. The van der Waals surface area contributed by atoms with Crippen LogP contribution in [0.3, 0.4) is 0 Å². The second kappa shape index (κ2) is 7.14. The fourth-order valence-corrected chi connectivity index (χ4v) is 3.08. The molecule has 0 amide bonds. The molecule has 10 heteroatoms. The number of hydrogen-bond acceptors (Lipinski definition) is 3. The van der Waals surface area contributed by atoms with Crippen LogP contribution in [0.1, 0.15) is 5.56 Å². The van der Waals surface area contributed by atoms with Gasteiger partial charge in [-0.05, 0) is 5.56 Å². The average molecular weight is 367 g/mol. The summed E-state index contributed by atoms with van der Waals surface area (Å²) in [4.78, 5) is -1.65. The summed E-state index contributed by atoms with van der Waals surface area (Å²) in [7, 11) is -4.87. The monoisotopic (exact) mass is 367 g/mol. The highest BCUT2D eigenvalue weighted by Crippen LogP contribution is 2.34. The van der Waals surface area contributed by atoms with Crippen LogP contribution in [0.15, 0.2) is 35.2 Å². The number of ether oxygens (including phenoxy) is 1. The summed E-state index contributed by atoms with van der Waals surface area (Å²) in [6.45, 7) is -2.12. The first-order valence-electron chi connectivity index (χ1n) is 6.38. The summed E-state index contributed by atoms with van der Waals surface area (Å²) in [5.74, 6) is -10.6. The Balaban J connectivity index is 2.49. The van der Waals surface area contributed by atoms with Gasteiger partial charge >= 0.3 is 0 Å². The lowest BCUT2D eigenvalue weighted by Crippen LogP contribution is -2.26. The smallest absolute Gasteiger partial charge is 0.247 e. The van der Waals surface area contributed by atoms with Crippen molar-refractivity contribution in [3.05, 3.63) is 59.2 Å². The van der Waals surface area contributed by atoms with E-state index in [4.69, 9.17) is 0 Å². The predicted molar refractivity (Wildman–Crippen MR) is 73.3 cm³/mol. The van der Waals surface area contributed by atoms with E-state index in [0.717, 1.165) is 0 Å². The molecular weight excluding hydrogens is 357 g/mol. The third-order valence-electron chi connectivity index (χ3n) is 2.96. The first kappa shape index (κ1) is 18.1. The van der Waals surface area contributed by atoms with E-state index in [-0.39, 0.29) is 6.54 Å². The maximum Gasteiger partial charge on any atom is 0.247 e. The lowest BCUT2D eigenvalue weighted by atomic mass is 10.2. The second-order valence-electron chi connectivity index (χ2n) is 4.48. The molecule has 0 aliphatic heterocycles. The molecule has 0 spiro atoms. The van der Waals surface area contributed by atoms with Crippen molar-refractivity contribution in [1.82, 2.24) is 4.72 Å².